The van der Waals surface area contributed by atoms with Gasteiger partial charge in [-0.15, -0.1) is 12.4 Å². The fourth-order valence-electron chi connectivity index (χ4n) is 2.47. The fourth-order valence-corrected chi connectivity index (χ4v) is 2.47. The van der Waals surface area contributed by atoms with Crippen LogP contribution in [0.5, 0.6) is 0 Å². The predicted octanol–water partition coefficient (Wildman–Crippen LogP) is 0.228. The molecule has 0 aromatic carbocycles. The summed E-state index contributed by atoms with van der Waals surface area (Å²) in [7, 11) is 2.14. The molecule has 2 heterocycles. The van der Waals surface area contributed by atoms with Gasteiger partial charge < -0.3 is 15.5 Å². The van der Waals surface area contributed by atoms with Crippen molar-refractivity contribution in [3.05, 3.63) is 0 Å². The second-order valence-corrected chi connectivity index (χ2v) is 4.81. The molecule has 0 spiro atoms. The molecule has 0 radical (unpaired) electrons. The van der Waals surface area contributed by atoms with Crippen LogP contribution >= 0.6 is 12.4 Å². The molecule has 2 aliphatic rings. The molecule has 2 saturated heterocycles. The lowest BCUT2D eigenvalue weighted by Gasteiger charge is -2.14. The van der Waals surface area contributed by atoms with Gasteiger partial charge in [-0.05, 0) is 45.3 Å². The second-order valence-electron chi connectivity index (χ2n) is 4.81. The molecule has 16 heavy (non-hydrogen) atoms. The summed E-state index contributed by atoms with van der Waals surface area (Å²) in [5.41, 5.74) is 0. The molecular weight excluding hydrogens is 226 g/mol. The first-order valence-corrected chi connectivity index (χ1v) is 5.95. The number of rotatable bonds is 3. The highest BCUT2D eigenvalue weighted by molar-refractivity contribution is 5.85. The molecule has 5 heteroatoms. The van der Waals surface area contributed by atoms with Crippen LogP contribution in [0.4, 0.5) is 0 Å². The van der Waals surface area contributed by atoms with E-state index in [-0.39, 0.29) is 24.4 Å². The van der Waals surface area contributed by atoms with Gasteiger partial charge in [0.2, 0.25) is 5.91 Å². The van der Waals surface area contributed by atoms with Gasteiger partial charge in [0, 0.05) is 13.1 Å². The van der Waals surface area contributed by atoms with E-state index in [4.69, 9.17) is 0 Å². The van der Waals surface area contributed by atoms with E-state index in [0.717, 1.165) is 32.5 Å². The summed E-state index contributed by atoms with van der Waals surface area (Å²) >= 11 is 0. The van der Waals surface area contributed by atoms with E-state index in [0.29, 0.717) is 5.92 Å². The summed E-state index contributed by atoms with van der Waals surface area (Å²) in [5.74, 6) is 0.849. The standard InChI is InChI=1S/C11H21N3O.ClH/c1-14-6-4-9(8-14)7-13-11(15)10-3-2-5-12-10;/h9-10,12H,2-8H2,1H3,(H,13,15);1H. The van der Waals surface area contributed by atoms with Crippen LogP contribution in [-0.4, -0.2) is 50.1 Å². The molecule has 0 aromatic heterocycles. The van der Waals surface area contributed by atoms with Crippen LogP contribution in [0.15, 0.2) is 0 Å². The molecule has 0 saturated carbocycles. The minimum Gasteiger partial charge on any atom is -0.354 e. The quantitative estimate of drug-likeness (QED) is 0.751. The van der Waals surface area contributed by atoms with Crippen molar-refractivity contribution in [1.82, 2.24) is 15.5 Å². The molecule has 2 unspecified atom stereocenters. The zero-order valence-corrected chi connectivity index (χ0v) is 10.7. The van der Waals surface area contributed by atoms with Crippen molar-refractivity contribution in [3.63, 3.8) is 0 Å². The zero-order chi connectivity index (χ0) is 10.7. The first-order chi connectivity index (χ1) is 7.25. The molecule has 0 aromatic rings. The van der Waals surface area contributed by atoms with Gasteiger partial charge in [-0.2, -0.15) is 0 Å². The maximum absolute atomic E-state index is 11.7. The number of amides is 1. The largest absolute Gasteiger partial charge is 0.354 e. The molecule has 0 aliphatic carbocycles. The van der Waals surface area contributed by atoms with Crippen LogP contribution in [0, 0.1) is 5.92 Å². The number of nitrogens with one attached hydrogen (secondary N) is 2. The lowest BCUT2D eigenvalue weighted by atomic mass is 10.1. The average molecular weight is 248 g/mol. The van der Waals surface area contributed by atoms with E-state index in [9.17, 15) is 4.79 Å². The second kappa shape index (κ2) is 6.42. The minimum atomic E-state index is 0. The molecule has 1 amide bonds. The first-order valence-electron chi connectivity index (χ1n) is 5.95. The van der Waals surface area contributed by atoms with Crippen LogP contribution in [0.25, 0.3) is 0 Å². The number of halogens is 1. The van der Waals surface area contributed by atoms with Crippen LogP contribution in [0.2, 0.25) is 0 Å². The normalized spacial score (nSPS) is 30.1. The number of nitrogens with zero attached hydrogens (tertiary/aromatic N) is 1. The number of hydrogen-bond acceptors (Lipinski definition) is 3. The summed E-state index contributed by atoms with van der Waals surface area (Å²) in [5, 5.41) is 6.28. The average Bonchev–Trinajstić information content (AvgIpc) is 2.84. The Morgan fingerprint density at radius 1 is 1.50 bits per heavy atom. The van der Waals surface area contributed by atoms with Crippen molar-refractivity contribution in [3.8, 4) is 0 Å². The van der Waals surface area contributed by atoms with Gasteiger partial charge in [0.15, 0.2) is 0 Å². The van der Waals surface area contributed by atoms with Crippen molar-refractivity contribution in [2.75, 3.05) is 33.2 Å². The van der Waals surface area contributed by atoms with E-state index in [2.05, 4.69) is 22.6 Å². The molecule has 2 aliphatic heterocycles. The SMILES string of the molecule is CN1CCC(CNC(=O)C2CCCN2)C1.Cl. The molecular formula is C11H22ClN3O. The van der Waals surface area contributed by atoms with Gasteiger partial charge in [0.05, 0.1) is 6.04 Å². The zero-order valence-electron chi connectivity index (χ0n) is 9.87. The van der Waals surface area contributed by atoms with Crippen molar-refractivity contribution in [2.45, 2.75) is 25.3 Å². The highest BCUT2D eigenvalue weighted by Crippen LogP contribution is 2.13. The molecule has 2 rings (SSSR count). The third kappa shape index (κ3) is 3.61. The molecule has 94 valence electrons. The van der Waals surface area contributed by atoms with E-state index >= 15 is 0 Å². The van der Waals surface area contributed by atoms with Gasteiger partial charge in [0.1, 0.15) is 0 Å². The van der Waals surface area contributed by atoms with Crippen molar-refractivity contribution >= 4 is 18.3 Å². The molecule has 2 N–H and O–H groups in total. The Bertz CT molecular complexity index is 231. The fraction of sp³-hybridized carbons (Fsp3) is 0.909. The summed E-state index contributed by atoms with van der Waals surface area (Å²) in [6.07, 6.45) is 3.34. The minimum absolute atomic E-state index is 0. The summed E-state index contributed by atoms with van der Waals surface area (Å²) < 4.78 is 0. The van der Waals surface area contributed by atoms with Gasteiger partial charge in [0.25, 0.3) is 0 Å². The van der Waals surface area contributed by atoms with E-state index in [1.165, 1.54) is 13.0 Å². The maximum Gasteiger partial charge on any atom is 0.237 e. The Labute approximate surface area is 104 Å². The third-order valence-electron chi connectivity index (χ3n) is 3.43. The third-order valence-corrected chi connectivity index (χ3v) is 3.43. The molecule has 0 bridgehead atoms. The predicted molar refractivity (Wildman–Crippen MR) is 66.9 cm³/mol. The summed E-state index contributed by atoms with van der Waals surface area (Å²) in [4.78, 5) is 14.0. The highest BCUT2D eigenvalue weighted by Gasteiger charge is 2.24. The number of hydrogen-bond donors (Lipinski definition) is 2. The Balaban J connectivity index is 0.00000128. The van der Waals surface area contributed by atoms with Crippen LogP contribution in [-0.2, 0) is 4.79 Å². The Morgan fingerprint density at radius 3 is 2.88 bits per heavy atom. The van der Waals surface area contributed by atoms with Crippen LogP contribution in [0.1, 0.15) is 19.3 Å². The van der Waals surface area contributed by atoms with E-state index in [1.54, 1.807) is 0 Å². The molecule has 2 atom stereocenters. The molecule has 2 fully saturated rings. The van der Waals surface area contributed by atoms with Crippen LogP contribution < -0.4 is 10.6 Å². The van der Waals surface area contributed by atoms with Gasteiger partial charge in [-0.25, -0.2) is 0 Å². The highest BCUT2D eigenvalue weighted by atomic mass is 35.5. The smallest absolute Gasteiger partial charge is 0.237 e. The van der Waals surface area contributed by atoms with Crippen molar-refractivity contribution < 1.29 is 4.79 Å². The lowest BCUT2D eigenvalue weighted by molar-refractivity contribution is -0.122. The van der Waals surface area contributed by atoms with E-state index in [1.807, 2.05) is 0 Å². The van der Waals surface area contributed by atoms with Gasteiger partial charge in [-0.1, -0.05) is 0 Å². The number of carbonyl (C=O) groups is 1. The Hall–Kier alpha value is -0.320. The molecule has 4 nitrogen and oxygen atoms in total. The van der Waals surface area contributed by atoms with E-state index < -0.39 is 0 Å². The Kier molecular flexibility index (Phi) is 5.52. The summed E-state index contributed by atoms with van der Waals surface area (Å²) in [6.45, 7) is 4.13. The van der Waals surface area contributed by atoms with Gasteiger partial charge >= 0.3 is 0 Å². The monoisotopic (exact) mass is 247 g/mol. The van der Waals surface area contributed by atoms with Crippen LogP contribution in [0.3, 0.4) is 0 Å². The number of carbonyl (C=O) groups excluding carboxylic acids is 1. The van der Waals surface area contributed by atoms with Crippen molar-refractivity contribution in [2.24, 2.45) is 5.92 Å². The van der Waals surface area contributed by atoms with Crippen molar-refractivity contribution in [1.29, 1.82) is 0 Å². The number of likely N-dealkylation sites (tertiary alicyclic amines) is 1. The first kappa shape index (κ1) is 13.7. The lowest BCUT2D eigenvalue weighted by Crippen LogP contribution is -2.42. The summed E-state index contributed by atoms with van der Waals surface area (Å²) in [6, 6.07) is 0.0733. The Morgan fingerprint density at radius 2 is 2.31 bits per heavy atom. The van der Waals surface area contributed by atoms with Gasteiger partial charge in [-0.3, -0.25) is 4.79 Å². The topological polar surface area (TPSA) is 44.4 Å². The maximum atomic E-state index is 11.7.